The summed E-state index contributed by atoms with van der Waals surface area (Å²) in [6.07, 6.45) is 1.91. The van der Waals surface area contributed by atoms with Gasteiger partial charge in [-0.1, -0.05) is 6.07 Å². The highest BCUT2D eigenvalue weighted by atomic mass is 19.1. The second kappa shape index (κ2) is 5.48. The summed E-state index contributed by atoms with van der Waals surface area (Å²) in [6, 6.07) is 13.2. The molecule has 0 radical (unpaired) electrons. The van der Waals surface area contributed by atoms with Gasteiger partial charge < -0.3 is 15.0 Å². The molecule has 0 bridgehead atoms. The van der Waals surface area contributed by atoms with Gasteiger partial charge in [-0.05, 0) is 48.9 Å². The van der Waals surface area contributed by atoms with E-state index in [0.717, 1.165) is 22.2 Å². The Bertz CT molecular complexity index is 766. The number of hydrogen-bond acceptors (Lipinski definition) is 2. The van der Waals surface area contributed by atoms with E-state index in [2.05, 4.69) is 16.4 Å². The lowest BCUT2D eigenvalue weighted by Crippen LogP contribution is -2.07. The van der Waals surface area contributed by atoms with Gasteiger partial charge in [0, 0.05) is 28.8 Å². The maximum atomic E-state index is 13.8. The number of anilines is 1. The fourth-order valence-electron chi connectivity index (χ4n) is 2.43. The maximum Gasteiger partial charge on any atom is 0.165 e. The summed E-state index contributed by atoms with van der Waals surface area (Å²) >= 11 is 0. The molecule has 21 heavy (non-hydrogen) atoms. The molecular weight excluding hydrogens is 267 g/mol. The lowest BCUT2D eigenvalue weighted by atomic mass is 10.1. The van der Waals surface area contributed by atoms with E-state index in [4.69, 9.17) is 4.74 Å². The Morgan fingerprint density at radius 1 is 1.14 bits per heavy atom. The fourth-order valence-corrected chi connectivity index (χ4v) is 2.43. The highest BCUT2D eigenvalue weighted by molar-refractivity contribution is 5.83. The zero-order chi connectivity index (χ0) is 14.8. The van der Waals surface area contributed by atoms with Crippen molar-refractivity contribution in [2.24, 2.45) is 0 Å². The van der Waals surface area contributed by atoms with Crippen LogP contribution < -0.4 is 10.1 Å². The lowest BCUT2D eigenvalue weighted by molar-refractivity contribution is 0.386. The fraction of sp³-hybridized carbons (Fsp3) is 0.176. The minimum atomic E-state index is -0.343. The van der Waals surface area contributed by atoms with E-state index in [1.54, 1.807) is 6.07 Å². The molecule has 0 amide bonds. The van der Waals surface area contributed by atoms with Crippen molar-refractivity contribution in [3.05, 3.63) is 60.0 Å². The first kappa shape index (κ1) is 13.5. The Balaban J connectivity index is 1.81. The van der Waals surface area contributed by atoms with Crippen LogP contribution in [0.3, 0.4) is 0 Å². The number of benzene rings is 2. The molecule has 0 fully saturated rings. The molecule has 0 aliphatic rings. The summed E-state index contributed by atoms with van der Waals surface area (Å²) in [5.74, 6) is -0.0792. The molecule has 0 spiro atoms. The predicted octanol–water partition coefficient (Wildman–Crippen LogP) is 4.49. The largest absolute Gasteiger partial charge is 0.494 e. The third kappa shape index (κ3) is 2.70. The SMILES string of the molecule is COc1ccc(C(C)Nc2ccc3[nH]ccc3c2)cc1F. The Kier molecular flexibility index (Phi) is 3.52. The van der Waals surface area contributed by atoms with E-state index in [0.29, 0.717) is 0 Å². The number of aromatic amines is 1. The van der Waals surface area contributed by atoms with Gasteiger partial charge in [-0.2, -0.15) is 0 Å². The van der Waals surface area contributed by atoms with Gasteiger partial charge in [0.15, 0.2) is 11.6 Å². The molecule has 0 saturated carbocycles. The zero-order valence-electron chi connectivity index (χ0n) is 12.0. The van der Waals surface area contributed by atoms with E-state index in [1.165, 1.54) is 13.2 Å². The van der Waals surface area contributed by atoms with Gasteiger partial charge in [-0.3, -0.25) is 0 Å². The summed E-state index contributed by atoms with van der Waals surface area (Å²) < 4.78 is 18.7. The molecule has 3 rings (SSSR count). The molecule has 108 valence electrons. The number of methoxy groups -OCH3 is 1. The van der Waals surface area contributed by atoms with Crippen molar-refractivity contribution in [3.63, 3.8) is 0 Å². The minimum Gasteiger partial charge on any atom is -0.494 e. The van der Waals surface area contributed by atoms with Crippen LogP contribution in [0.4, 0.5) is 10.1 Å². The number of fused-ring (bicyclic) bond motifs is 1. The summed E-state index contributed by atoms with van der Waals surface area (Å²) in [6.45, 7) is 2.00. The predicted molar refractivity (Wildman–Crippen MR) is 83.3 cm³/mol. The smallest absolute Gasteiger partial charge is 0.165 e. The molecule has 1 aromatic heterocycles. The average molecular weight is 284 g/mol. The third-order valence-electron chi connectivity index (χ3n) is 3.61. The molecule has 1 unspecified atom stereocenters. The Morgan fingerprint density at radius 3 is 2.76 bits per heavy atom. The van der Waals surface area contributed by atoms with E-state index in [9.17, 15) is 4.39 Å². The minimum absolute atomic E-state index is 0.00166. The van der Waals surface area contributed by atoms with Crippen LogP contribution in [-0.4, -0.2) is 12.1 Å². The molecule has 4 heteroatoms. The van der Waals surface area contributed by atoms with Crippen LogP contribution in [0.1, 0.15) is 18.5 Å². The molecule has 3 nitrogen and oxygen atoms in total. The standard InChI is InChI=1S/C17H17FN2O/c1-11(12-3-6-17(21-2)15(18)10-12)20-14-4-5-16-13(9-14)7-8-19-16/h3-11,19-20H,1-2H3. The van der Waals surface area contributed by atoms with Crippen LogP contribution in [0.25, 0.3) is 10.9 Å². The van der Waals surface area contributed by atoms with E-state index >= 15 is 0 Å². The Hall–Kier alpha value is -2.49. The van der Waals surface area contributed by atoms with Crippen LogP contribution in [-0.2, 0) is 0 Å². The van der Waals surface area contributed by atoms with Crippen molar-refractivity contribution in [3.8, 4) is 5.75 Å². The number of rotatable bonds is 4. The summed E-state index contributed by atoms with van der Waals surface area (Å²) in [5, 5.41) is 4.53. The molecule has 0 aliphatic carbocycles. The quantitative estimate of drug-likeness (QED) is 0.740. The van der Waals surface area contributed by atoms with Crippen molar-refractivity contribution in [1.82, 2.24) is 4.98 Å². The monoisotopic (exact) mass is 284 g/mol. The Morgan fingerprint density at radius 2 is 2.00 bits per heavy atom. The van der Waals surface area contributed by atoms with Crippen molar-refractivity contribution in [2.75, 3.05) is 12.4 Å². The van der Waals surface area contributed by atoms with E-state index in [1.807, 2.05) is 37.4 Å². The number of nitrogens with one attached hydrogen (secondary N) is 2. The van der Waals surface area contributed by atoms with Crippen LogP contribution in [0, 0.1) is 5.82 Å². The molecule has 1 atom stereocenters. The van der Waals surface area contributed by atoms with Crippen LogP contribution in [0.2, 0.25) is 0 Å². The topological polar surface area (TPSA) is 37.0 Å². The third-order valence-corrected chi connectivity index (χ3v) is 3.61. The van der Waals surface area contributed by atoms with Gasteiger partial charge in [-0.25, -0.2) is 4.39 Å². The van der Waals surface area contributed by atoms with Gasteiger partial charge in [0.2, 0.25) is 0 Å². The van der Waals surface area contributed by atoms with Gasteiger partial charge in [0.05, 0.1) is 7.11 Å². The van der Waals surface area contributed by atoms with Crippen LogP contribution in [0.5, 0.6) is 5.75 Å². The number of aromatic nitrogens is 1. The number of ether oxygens (including phenoxy) is 1. The first-order valence-corrected chi connectivity index (χ1v) is 6.84. The molecule has 2 aromatic carbocycles. The molecule has 0 aliphatic heterocycles. The van der Waals surface area contributed by atoms with Gasteiger partial charge in [-0.15, -0.1) is 0 Å². The van der Waals surface area contributed by atoms with Crippen molar-refractivity contribution in [2.45, 2.75) is 13.0 Å². The van der Waals surface area contributed by atoms with Crippen LogP contribution >= 0.6 is 0 Å². The van der Waals surface area contributed by atoms with Gasteiger partial charge >= 0.3 is 0 Å². The molecular formula is C17H17FN2O. The summed E-state index contributed by atoms with van der Waals surface area (Å²) in [5.41, 5.74) is 2.98. The number of halogens is 1. The Labute approximate surface area is 122 Å². The van der Waals surface area contributed by atoms with Gasteiger partial charge in [0.1, 0.15) is 0 Å². The molecule has 2 N–H and O–H groups in total. The molecule has 0 saturated heterocycles. The summed E-state index contributed by atoms with van der Waals surface area (Å²) in [7, 11) is 1.46. The zero-order valence-corrected chi connectivity index (χ0v) is 12.0. The van der Waals surface area contributed by atoms with E-state index in [-0.39, 0.29) is 17.6 Å². The lowest BCUT2D eigenvalue weighted by Gasteiger charge is -2.16. The highest BCUT2D eigenvalue weighted by Crippen LogP contribution is 2.25. The van der Waals surface area contributed by atoms with E-state index < -0.39 is 0 Å². The van der Waals surface area contributed by atoms with Crippen molar-refractivity contribution in [1.29, 1.82) is 0 Å². The maximum absolute atomic E-state index is 13.8. The summed E-state index contributed by atoms with van der Waals surface area (Å²) in [4.78, 5) is 3.16. The average Bonchev–Trinajstić information content (AvgIpc) is 2.94. The first-order chi connectivity index (χ1) is 10.2. The molecule has 1 heterocycles. The highest BCUT2D eigenvalue weighted by Gasteiger charge is 2.10. The second-order valence-corrected chi connectivity index (χ2v) is 5.04. The van der Waals surface area contributed by atoms with Crippen molar-refractivity contribution >= 4 is 16.6 Å². The van der Waals surface area contributed by atoms with Crippen molar-refractivity contribution < 1.29 is 9.13 Å². The number of H-pyrrole nitrogens is 1. The first-order valence-electron chi connectivity index (χ1n) is 6.84. The van der Waals surface area contributed by atoms with Crippen LogP contribution in [0.15, 0.2) is 48.7 Å². The number of hydrogen-bond donors (Lipinski definition) is 2. The second-order valence-electron chi connectivity index (χ2n) is 5.04. The normalized spacial score (nSPS) is 12.3. The molecule has 3 aromatic rings. The van der Waals surface area contributed by atoms with Gasteiger partial charge in [0.25, 0.3) is 0 Å².